The Morgan fingerprint density at radius 2 is 2.00 bits per heavy atom. The highest BCUT2D eigenvalue weighted by atomic mass is 35.5. The second kappa shape index (κ2) is 5.43. The first-order chi connectivity index (χ1) is 9.79. The molecule has 0 aliphatic carbocycles. The summed E-state index contributed by atoms with van der Waals surface area (Å²) >= 11 is 6.07. The van der Waals surface area contributed by atoms with Crippen molar-refractivity contribution in [2.45, 2.75) is 13.3 Å². The highest BCUT2D eigenvalue weighted by molar-refractivity contribution is 6.30. The van der Waals surface area contributed by atoms with Crippen molar-refractivity contribution in [3.63, 3.8) is 0 Å². The normalized spacial score (nSPS) is 10.7. The predicted octanol–water partition coefficient (Wildman–Crippen LogP) is 4.03. The minimum absolute atomic E-state index is 0.427. The lowest BCUT2D eigenvalue weighted by Crippen LogP contribution is -1.97. The zero-order chi connectivity index (χ0) is 13.9. The van der Waals surface area contributed by atoms with Crippen LogP contribution in [0, 0.1) is 0 Å². The molecule has 2 aromatic heterocycles. The molecule has 0 saturated carbocycles. The van der Waals surface area contributed by atoms with E-state index in [1.807, 2.05) is 37.3 Å². The van der Waals surface area contributed by atoms with E-state index in [0.717, 1.165) is 16.5 Å². The lowest BCUT2D eigenvalue weighted by molar-refractivity contribution is 0.460. The van der Waals surface area contributed by atoms with Crippen molar-refractivity contribution >= 4 is 22.5 Å². The maximum absolute atomic E-state index is 6.07. The molecule has 3 rings (SSSR count). The van der Waals surface area contributed by atoms with Crippen LogP contribution in [0.2, 0.25) is 5.15 Å². The third-order valence-corrected chi connectivity index (χ3v) is 3.34. The van der Waals surface area contributed by atoms with Gasteiger partial charge in [0.15, 0.2) is 0 Å². The van der Waals surface area contributed by atoms with Gasteiger partial charge < -0.3 is 4.74 Å². The van der Waals surface area contributed by atoms with Gasteiger partial charge in [0, 0.05) is 11.6 Å². The number of halogens is 1. The molecule has 0 spiro atoms. The Bertz CT molecular complexity index is 756. The monoisotopic (exact) mass is 285 g/mol. The number of rotatable bonds is 3. The van der Waals surface area contributed by atoms with E-state index in [1.165, 1.54) is 6.33 Å². The van der Waals surface area contributed by atoms with Gasteiger partial charge in [0.05, 0.1) is 11.1 Å². The van der Waals surface area contributed by atoms with Gasteiger partial charge >= 0.3 is 0 Å². The summed E-state index contributed by atoms with van der Waals surface area (Å²) < 4.78 is 5.92. The second-order valence-electron chi connectivity index (χ2n) is 4.23. The molecule has 2 heterocycles. The largest absolute Gasteiger partial charge is 0.438 e. The number of nitrogens with zero attached hydrogens (tertiary/aromatic N) is 3. The molecule has 1 aromatic carbocycles. The minimum Gasteiger partial charge on any atom is -0.438 e. The fourth-order valence-electron chi connectivity index (χ4n) is 2.03. The van der Waals surface area contributed by atoms with Crippen LogP contribution in [0.15, 0.2) is 42.9 Å². The van der Waals surface area contributed by atoms with Gasteiger partial charge in [0.1, 0.15) is 17.2 Å². The molecule has 0 amide bonds. The van der Waals surface area contributed by atoms with Crippen LogP contribution < -0.4 is 4.74 Å². The van der Waals surface area contributed by atoms with E-state index in [2.05, 4.69) is 15.0 Å². The van der Waals surface area contributed by atoms with Crippen LogP contribution in [0.1, 0.15) is 12.5 Å². The molecule has 0 aliphatic rings. The molecule has 4 nitrogen and oxygen atoms in total. The van der Waals surface area contributed by atoms with E-state index in [1.54, 1.807) is 6.20 Å². The van der Waals surface area contributed by atoms with Gasteiger partial charge in [-0.15, -0.1) is 0 Å². The zero-order valence-corrected chi connectivity index (χ0v) is 11.6. The molecular weight excluding hydrogens is 274 g/mol. The molecule has 100 valence electrons. The number of benzene rings is 1. The first kappa shape index (κ1) is 12.8. The summed E-state index contributed by atoms with van der Waals surface area (Å²) in [6, 6.07) is 9.57. The predicted molar refractivity (Wildman–Crippen MR) is 78.2 cm³/mol. The number of hydrogen-bond donors (Lipinski definition) is 0. The lowest BCUT2D eigenvalue weighted by atomic mass is 10.2. The van der Waals surface area contributed by atoms with E-state index in [4.69, 9.17) is 16.3 Å². The number of fused-ring (bicyclic) bond motifs is 1. The summed E-state index contributed by atoms with van der Waals surface area (Å²) in [5.41, 5.74) is 1.68. The number of aromatic nitrogens is 3. The summed E-state index contributed by atoms with van der Waals surface area (Å²) in [4.78, 5) is 12.5. The summed E-state index contributed by atoms with van der Waals surface area (Å²) in [6.07, 6.45) is 3.86. The Labute approximate surface area is 121 Å². The van der Waals surface area contributed by atoms with Crippen LogP contribution >= 0.6 is 11.6 Å². The van der Waals surface area contributed by atoms with Crippen molar-refractivity contribution < 1.29 is 4.74 Å². The van der Waals surface area contributed by atoms with Crippen molar-refractivity contribution in [3.05, 3.63) is 53.6 Å². The minimum atomic E-state index is 0.427. The molecule has 0 fully saturated rings. The Balaban J connectivity index is 2.08. The van der Waals surface area contributed by atoms with Gasteiger partial charge in [-0.25, -0.2) is 9.97 Å². The first-order valence-electron chi connectivity index (χ1n) is 6.30. The maximum atomic E-state index is 6.07. The van der Waals surface area contributed by atoms with E-state index >= 15 is 0 Å². The Kier molecular flexibility index (Phi) is 3.48. The van der Waals surface area contributed by atoms with Gasteiger partial charge in [0.2, 0.25) is 5.88 Å². The van der Waals surface area contributed by atoms with E-state index in [-0.39, 0.29) is 0 Å². The molecule has 0 N–H and O–H groups in total. The Morgan fingerprint density at radius 3 is 2.85 bits per heavy atom. The number of pyridine rings is 1. The second-order valence-corrected chi connectivity index (χ2v) is 4.59. The summed E-state index contributed by atoms with van der Waals surface area (Å²) in [7, 11) is 0. The van der Waals surface area contributed by atoms with E-state index < -0.39 is 0 Å². The van der Waals surface area contributed by atoms with Gasteiger partial charge in [-0.1, -0.05) is 24.6 Å². The van der Waals surface area contributed by atoms with Gasteiger partial charge in [-0.2, -0.15) is 0 Å². The maximum Gasteiger partial charge on any atom is 0.227 e. The van der Waals surface area contributed by atoms with Crippen LogP contribution in [-0.4, -0.2) is 15.0 Å². The fourth-order valence-corrected chi connectivity index (χ4v) is 2.29. The van der Waals surface area contributed by atoms with Crippen LogP contribution in [-0.2, 0) is 6.42 Å². The molecule has 3 aromatic rings. The Hall–Kier alpha value is -2.20. The average molecular weight is 286 g/mol. The van der Waals surface area contributed by atoms with Crippen LogP contribution in [0.25, 0.3) is 10.9 Å². The summed E-state index contributed by atoms with van der Waals surface area (Å²) in [5.74, 6) is 1.20. The smallest absolute Gasteiger partial charge is 0.227 e. The first-order valence-corrected chi connectivity index (χ1v) is 6.68. The average Bonchev–Trinajstić information content (AvgIpc) is 2.48. The van der Waals surface area contributed by atoms with Gasteiger partial charge in [-0.3, -0.25) is 4.98 Å². The van der Waals surface area contributed by atoms with Gasteiger partial charge in [0.25, 0.3) is 0 Å². The lowest BCUT2D eigenvalue weighted by Gasteiger charge is -2.11. The molecule has 0 aliphatic heterocycles. The van der Waals surface area contributed by atoms with Crippen LogP contribution in [0.3, 0.4) is 0 Å². The molecule has 0 saturated heterocycles. The van der Waals surface area contributed by atoms with Crippen molar-refractivity contribution in [1.82, 2.24) is 15.0 Å². The summed E-state index contributed by atoms with van der Waals surface area (Å²) in [6.45, 7) is 1.99. The van der Waals surface area contributed by atoms with Crippen molar-refractivity contribution in [2.24, 2.45) is 0 Å². The van der Waals surface area contributed by atoms with Crippen molar-refractivity contribution in [1.29, 1.82) is 0 Å². The third-order valence-electron chi connectivity index (χ3n) is 3.02. The van der Waals surface area contributed by atoms with E-state index in [0.29, 0.717) is 23.2 Å². The van der Waals surface area contributed by atoms with Crippen LogP contribution in [0.4, 0.5) is 0 Å². The van der Waals surface area contributed by atoms with E-state index in [9.17, 15) is 0 Å². The topological polar surface area (TPSA) is 47.9 Å². The molecule has 0 atom stereocenters. The molecule has 20 heavy (non-hydrogen) atoms. The molecular formula is C15H12ClN3O. The molecule has 0 radical (unpaired) electrons. The molecule has 0 bridgehead atoms. The Morgan fingerprint density at radius 1 is 1.10 bits per heavy atom. The highest BCUT2D eigenvalue weighted by Gasteiger charge is 2.11. The highest BCUT2D eigenvalue weighted by Crippen LogP contribution is 2.31. The molecule has 0 unspecified atom stereocenters. The van der Waals surface area contributed by atoms with Gasteiger partial charge in [-0.05, 0) is 30.7 Å². The molecule has 5 heteroatoms. The van der Waals surface area contributed by atoms with Crippen LogP contribution in [0.5, 0.6) is 11.6 Å². The van der Waals surface area contributed by atoms with Crippen molar-refractivity contribution in [2.75, 3.05) is 0 Å². The third kappa shape index (κ3) is 2.30. The van der Waals surface area contributed by atoms with Crippen molar-refractivity contribution in [3.8, 4) is 11.6 Å². The standard InChI is InChI=1S/C15H12ClN3O/c1-2-10-14(16)18-9-19-15(10)20-13-7-3-6-12-11(13)5-4-8-17-12/h3-9H,2H2,1H3. The quantitative estimate of drug-likeness (QED) is 0.682. The number of hydrogen-bond acceptors (Lipinski definition) is 4. The number of ether oxygens (including phenoxy) is 1. The summed E-state index contributed by atoms with van der Waals surface area (Å²) in [5, 5.41) is 1.36. The zero-order valence-electron chi connectivity index (χ0n) is 10.9. The SMILES string of the molecule is CCc1c(Cl)ncnc1Oc1cccc2ncccc12. The fraction of sp³-hybridized carbons (Fsp3) is 0.133.